The molecule has 0 saturated carbocycles. The van der Waals surface area contributed by atoms with Gasteiger partial charge in [0.1, 0.15) is 0 Å². The molecule has 0 aliphatic heterocycles. The van der Waals surface area contributed by atoms with Crippen LogP contribution in [0.4, 0.5) is 0 Å². The van der Waals surface area contributed by atoms with Gasteiger partial charge < -0.3 is 19.8 Å². The van der Waals surface area contributed by atoms with Crippen LogP contribution in [-0.2, 0) is 30.7 Å². The normalized spacial score (nSPS) is 11.0. The molecule has 0 rings (SSSR count). The summed E-state index contributed by atoms with van der Waals surface area (Å²) >= 11 is 0. The number of carboxylic acids is 2. The standard InChI is InChI=1S/2C18H34O2.Pt/c2*1-2-3-4-5-6-7-8-9-10-11-12-13-14-15-16-17-18(19)20;/h2*9-10H,2-8,11-17H2,1H3,(H,19,20);/q;;+2/p-2/b2*10-9-;. The van der Waals surface area contributed by atoms with Crippen LogP contribution in [0.2, 0.25) is 0 Å². The molecule has 0 spiro atoms. The fourth-order valence-corrected chi connectivity index (χ4v) is 4.68. The summed E-state index contributed by atoms with van der Waals surface area (Å²) in [5.74, 6) is -1.83. The number of hydrogen-bond acceptors (Lipinski definition) is 4. The van der Waals surface area contributed by atoms with Crippen molar-refractivity contribution < 1.29 is 40.9 Å². The molecule has 5 heteroatoms. The molecular weight excluding hydrogens is 691 g/mol. The van der Waals surface area contributed by atoms with E-state index in [1.165, 1.54) is 128 Å². The third-order valence-electron chi connectivity index (χ3n) is 7.29. The van der Waals surface area contributed by atoms with Crippen LogP contribution in [-0.4, -0.2) is 11.9 Å². The molecule has 41 heavy (non-hydrogen) atoms. The number of carboxylic acid groups (broad SMARTS) is 2. The van der Waals surface area contributed by atoms with E-state index in [0.717, 1.165) is 38.5 Å². The Morgan fingerprint density at radius 3 is 0.854 bits per heavy atom. The van der Waals surface area contributed by atoms with Gasteiger partial charge in [-0.1, -0.05) is 141 Å². The Balaban J connectivity index is -0.000000688. The van der Waals surface area contributed by atoms with Crippen LogP contribution in [0, 0.1) is 0 Å². The number of aliphatic carboxylic acids is 2. The van der Waals surface area contributed by atoms with Gasteiger partial charge in [0, 0.05) is 11.9 Å². The Kier molecular flexibility index (Phi) is 44.8. The first-order valence-electron chi connectivity index (χ1n) is 17.2. The maximum atomic E-state index is 10.2. The number of allylic oxidation sites excluding steroid dienone is 4. The van der Waals surface area contributed by atoms with Gasteiger partial charge in [-0.25, -0.2) is 0 Å². The second-order valence-corrected chi connectivity index (χ2v) is 11.4. The zero-order valence-electron chi connectivity index (χ0n) is 27.1. The number of carbonyl (C=O) groups excluding carboxylic acids is 2. The molecule has 0 amide bonds. The Bertz CT molecular complexity index is 524. The SMILES string of the molecule is CCCCCCCC/C=C\CCCCCCCC(=O)[O-].CCCCCCCC/C=C\CCCCCCCC(=O)[O-].[Pt+2]. The van der Waals surface area contributed by atoms with E-state index in [1.54, 1.807) is 0 Å². The first-order chi connectivity index (χ1) is 19.5. The summed E-state index contributed by atoms with van der Waals surface area (Å²) in [6, 6.07) is 0. The number of carbonyl (C=O) groups is 2. The van der Waals surface area contributed by atoms with Crippen molar-refractivity contribution in [2.75, 3.05) is 0 Å². The smallest absolute Gasteiger partial charge is 0.550 e. The average Bonchev–Trinajstić information content (AvgIpc) is 2.93. The van der Waals surface area contributed by atoms with Crippen molar-refractivity contribution in [3.63, 3.8) is 0 Å². The molecule has 0 aromatic carbocycles. The fraction of sp³-hybridized carbons (Fsp3) is 0.833. The number of hydrogen-bond donors (Lipinski definition) is 0. The Labute approximate surface area is 269 Å². The molecule has 0 aliphatic rings. The van der Waals surface area contributed by atoms with Gasteiger partial charge in [0.05, 0.1) is 0 Å². The van der Waals surface area contributed by atoms with Crippen LogP contribution in [0.3, 0.4) is 0 Å². The maximum Gasteiger partial charge on any atom is 2.00 e. The summed E-state index contributed by atoms with van der Waals surface area (Å²) in [7, 11) is 0. The van der Waals surface area contributed by atoms with E-state index < -0.39 is 11.9 Å². The van der Waals surface area contributed by atoms with Crippen LogP contribution in [0.15, 0.2) is 24.3 Å². The quantitative estimate of drug-likeness (QED) is 0.0540. The zero-order chi connectivity index (χ0) is 29.8. The predicted octanol–water partition coefficient (Wildman–Crippen LogP) is 9.55. The Morgan fingerprint density at radius 2 is 0.610 bits per heavy atom. The molecule has 0 aliphatic carbocycles. The first-order valence-corrected chi connectivity index (χ1v) is 17.2. The summed E-state index contributed by atoms with van der Waals surface area (Å²) in [5, 5.41) is 20.4. The maximum absolute atomic E-state index is 10.2. The van der Waals surface area contributed by atoms with Gasteiger partial charge in [-0.3, -0.25) is 0 Å². The first kappa shape index (κ1) is 44.5. The zero-order valence-corrected chi connectivity index (χ0v) is 29.3. The second-order valence-electron chi connectivity index (χ2n) is 11.4. The van der Waals surface area contributed by atoms with Crippen molar-refractivity contribution in [1.29, 1.82) is 0 Å². The molecule has 0 unspecified atom stereocenters. The summed E-state index contributed by atoms with van der Waals surface area (Å²) in [4.78, 5) is 20.4. The van der Waals surface area contributed by atoms with E-state index in [9.17, 15) is 19.8 Å². The van der Waals surface area contributed by atoms with Crippen molar-refractivity contribution >= 4 is 11.9 Å². The molecule has 4 nitrogen and oxygen atoms in total. The summed E-state index contributed by atoms with van der Waals surface area (Å²) < 4.78 is 0. The molecular formula is C36H66O4Pt. The van der Waals surface area contributed by atoms with E-state index in [4.69, 9.17) is 0 Å². The summed E-state index contributed by atoms with van der Waals surface area (Å²) in [6.07, 6.45) is 41.8. The topological polar surface area (TPSA) is 80.3 Å². The summed E-state index contributed by atoms with van der Waals surface area (Å²) in [6.45, 7) is 4.51. The minimum atomic E-state index is -0.914. The number of rotatable bonds is 30. The molecule has 0 atom stereocenters. The Morgan fingerprint density at radius 1 is 0.390 bits per heavy atom. The van der Waals surface area contributed by atoms with Gasteiger partial charge in [-0.05, 0) is 77.0 Å². The molecule has 0 aromatic heterocycles. The second kappa shape index (κ2) is 41.2. The monoisotopic (exact) mass is 757 g/mol. The van der Waals surface area contributed by atoms with Crippen LogP contribution < -0.4 is 10.2 Å². The van der Waals surface area contributed by atoms with E-state index >= 15 is 0 Å². The van der Waals surface area contributed by atoms with Gasteiger partial charge in [0.2, 0.25) is 0 Å². The van der Waals surface area contributed by atoms with Gasteiger partial charge in [-0.2, -0.15) is 0 Å². The van der Waals surface area contributed by atoms with E-state index in [1.807, 2.05) is 0 Å². The molecule has 0 fully saturated rings. The molecule has 0 saturated heterocycles. The van der Waals surface area contributed by atoms with Crippen molar-refractivity contribution in [1.82, 2.24) is 0 Å². The van der Waals surface area contributed by atoms with Crippen LogP contribution >= 0.6 is 0 Å². The van der Waals surface area contributed by atoms with Gasteiger partial charge in [-0.15, -0.1) is 0 Å². The third-order valence-corrected chi connectivity index (χ3v) is 7.29. The van der Waals surface area contributed by atoms with Crippen LogP contribution in [0.1, 0.15) is 194 Å². The van der Waals surface area contributed by atoms with Crippen molar-refractivity contribution in [3.05, 3.63) is 24.3 Å². The van der Waals surface area contributed by atoms with E-state index in [-0.39, 0.29) is 33.9 Å². The third kappa shape index (κ3) is 49.1. The Hall–Kier alpha value is -0.892. The van der Waals surface area contributed by atoms with Gasteiger partial charge in [0.25, 0.3) is 0 Å². The number of unbranched alkanes of at least 4 members (excludes halogenated alkanes) is 22. The van der Waals surface area contributed by atoms with Gasteiger partial charge >= 0.3 is 21.1 Å². The fourth-order valence-electron chi connectivity index (χ4n) is 4.68. The molecule has 244 valence electrons. The molecule has 0 radical (unpaired) electrons. The molecule has 0 bridgehead atoms. The van der Waals surface area contributed by atoms with Crippen LogP contribution in [0.25, 0.3) is 0 Å². The van der Waals surface area contributed by atoms with Crippen LogP contribution in [0.5, 0.6) is 0 Å². The van der Waals surface area contributed by atoms with Crippen molar-refractivity contribution in [2.45, 2.75) is 194 Å². The molecule has 0 aromatic rings. The molecule has 0 N–H and O–H groups in total. The summed E-state index contributed by atoms with van der Waals surface area (Å²) in [5.41, 5.74) is 0. The van der Waals surface area contributed by atoms with E-state index in [2.05, 4.69) is 38.2 Å². The minimum Gasteiger partial charge on any atom is -0.550 e. The predicted molar refractivity (Wildman–Crippen MR) is 169 cm³/mol. The molecule has 0 heterocycles. The van der Waals surface area contributed by atoms with Crippen molar-refractivity contribution in [3.8, 4) is 0 Å². The average molecular weight is 758 g/mol. The minimum absolute atomic E-state index is 0. The largest absolute Gasteiger partial charge is 2.00 e. The van der Waals surface area contributed by atoms with Gasteiger partial charge in [0.15, 0.2) is 0 Å². The van der Waals surface area contributed by atoms with Crippen molar-refractivity contribution in [2.24, 2.45) is 0 Å². The van der Waals surface area contributed by atoms with E-state index in [0.29, 0.717) is 0 Å².